The van der Waals surface area contributed by atoms with Gasteiger partial charge in [-0.2, -0.15) is 11.8 Å². The summed E-state index contributed by atoms with van der Waals surface area (Å²) in [7, 11) is 0. The maximum atomic E-state index is 9.82. The number of thioether (sulfide) groups is 1. The van der Waals surface area contributed by atoms with Crippen LogP contribution in [0.15, 0.2) is 24.3 Å². The lowest BCUT2D eigenvalue weighted by Gasteiger charge is -2.37. The van der Waals surface area contributed by atoms with Crippen molar-refractivity contribution in [2.24, 2.45) is 0 Å². The molecule has 0 amide bonds. The summed E-state index contributed by atoms with van der Waals surface area (Å²) in [5.74, 6) is 3.21. The van der Waals surface area contributed by atoms with Gasteiger partial charge in [0.25, 0.3) is 0 Å². The van der Waals surface area contributed by atoms with Crippen LogP contribution < -0.4 is 4.74 Å². The minimum atomic E-state index is -0.374. The van der Waals surface area contributed by atoms with Crippen molar-refractivity contribution in [2.75, 3.05) is 18.1 Å². The van der Waals surface area contributed by atoms with Crippen molar-refractivity contribution in [3.8, 4) is 5.75 Å². The molecule has 2 saturated heterocycles. The zero-order valence-electron chi connectivity index (χ0n) is 12.6. The molecule has 0 saturated carbocycles. The molecule has 116 valence electrons. The Morgan fingerprint density at radius 2 is 2.24 bits per heavy atom. The third-order valence-electron chi connectivity index (χ3n) is 4.47. The molecule has 0 radical (unpaired) electrons. The van der Waals surface area contributed by atoms with Gasteiger partial charge in [0.2, 0.25) is 0 Å². The fraction of sp³-hybridized carbons (Fsp3) is 0.647. The van der Waals surface area contributed by atoms with Crippen LogP contribution in [0.3, 0.4) is 0 Å². The molecule has 0 aromatic heterocycles. The molecule has 4 heteroatoms. The standard InChI is InChI=1S/C17H24O3S/c1-2-16(18)13-3-5-14(6-4-13)20-15-7-9-19-17(11-15)8-10-21-12-17/h3-6,15-16,18H,2,7-12H2,1H3/t15?,16-,17?/m1/s1. The van der Waals surface area contributed by atoms with Crippen LogP contribution in [-0.4, -0.2) is 34.9 Å². The van der Waals surface area contributed by atoms with Crippen molar-refractivity contribution in [3.63, 3.8) is 0 Å². The third-order valence-corrected chi connectivity index (χ3v) is 5.69. The first-order valence-electron chi connectivity index (χ1n) is 7.87. The molecule has 2 heterocycles. The number of hydrogen-bond acceptors (Lipinski definition) is 4. The summed E-state index contributed by atoms with van der Waals surface area (Å²) in [6.07, 6.45) is 3.73. The fourth-order valence-electron chi connectivity index (χ4n) is 3.14. The molecule has 21 heavy (non-hydrogen) atoms. The Balaban J connectivity index is 1.60. The second-order valence-electron chi connectivity index (χ2n) is 6.06. The van der Waals surface area contributed by atoms with Crippen molar-refractivity contribution in [3.05, 3.63) is 29.8 Å². The molecule has 1 aromatic carbocycles. The van der Waals surface area contributed by atoms with E-state index in [2.05, 4.69) is 0 Å². The lowest BCUT2D eigenvalue weighted by atomic mass is 9.91. The van der Waals surface area contributed by atoms with Gasteiger partial charge in [-0.1, -0.05) is 19.1 Å². The highest BCUT2D eigenvalue weighted by Gasteiger charge is 2.41. The first kappa shape index (κ1) is 15.2. The number of ether oxygens (including phenoxy) is 2. The van der Waals surface area contributed by atoms with Gasteiger partial charge < -0.3 is 14.6 Å². The van der Waals surface area contributed by atoms with Gasteiger partial charge >= 0.3 is 0 Å². The molecular formula is C17H24O3S. The third kappa shape index (κ3) is 3.55. The second kappa shape index (κ2) is 6.59. The zero-order chi connectivity index (χ0) is 14.7. The smallest absolute Gasteiger partial charge is 0.119 e. The van der Waals surface area contributed by atoms with E-state index in [-0.39, 0.29) is 17.8 Å². The molecule has 0 aliphatic carbocycles. The Morgan fingerprint density at radius 1 is 1.43 bits per heavy atom. The summed E-state index contributed by atoms with van der Waals surface area (Å²) >= 11 is 1.99. The normalized spacial score (nSPS) is 30.5. The summed E-state index contributed by atoms with van der Waals surface area (Å²) in [4.78, 5) is 0. The molecule has 2 fully saturated rings. The van der Waals surface area contributed by atoms with E-state index in [1.807, 2.05) is 43.0 Å². The summed E-state index contributed by atoms with van der Waals surface area (Å²) in [5, 5.41) is 9.82. The number of aliphatic hydroxyl groups is 1. The molecule has 1 N–H and O–H groups in total. The highest BCUT2D eigenvalue weighted by atomic mass is 32.2. The molecule has 3 rings (SSSR count). The van der Waals surface area contributed by atoms with Gasteiger partial charge in [-0.3, -0.25) is 0 Å². The predicted molar refractivity (Wildman–Crippen MR) is 86.0 cm³/mol. The summed E-state index contributed by atoms with van der Waals surface area (Å²) in [5.41, 5.74) is 1.02. The number of aliphatic hydroxyl groups excluding tert-OH is 1. The van der Waals surface area contributed by atoms with Gasteiger partial charge in [0.15, 0.2) is 0 Å². The Morgan fingerprint density at radius 3 is 2.90 bits per heavy atom. The summed E-state index contributed by atoms with van der Waals surface area (Å²) in [6, 6.07) is 7.87. The van der Waals surface area contributed by atoms with Crippen molar-refractivity contribution >= 4 is 11.8 Å². The quantitative estimate of drug-likeness (QED) is 0.923. The van der Waals surface area contributed by atoms with Crippen LogP contribution in [0, 0.1) is 0 Å². The Hall–Kier alpha value is -0.710. The highest BCUT2D eigenvalue weighted by molar-refractivity contribution is 7.99. The van der Waals surface area contributed by atoms with E-state index in [9.17, 15) is 5.11 Å². The van der Waals surface area contributed by atoms with Gasteiger partial charge in [0.05, 0.1) is 18.3 Å². The van der Waals surface area contributed by atoms with E-state index >= 15 is 0 Å². The maximum absolute atomic E-state index is 9.82. The molecule has 1 aromatic rings. The second-order valence-corrected chi connectivity index (χ2v) is 7.16. The van der Waals surface area contributed by atoms with Crippen LogP contribution in [-0.2, 0) is 4.74 Å². The van der Waals surface area contributed by atoms with Gasteiger partial charge in [0, 0.05) is 18.6 Å². The van der Waals surface area contributed by atoms with Crippen LogP contribution in [0.4, 0.5) is 0 Å². The molecule has 2 unspecified atom stereocenters. The Bertz CT molecular complexity index is 454. The van der Waals surface area contributed by atoms with Crippen LogP contribution in [0.5, 0.6) is 5.75 Å². The van der Waals surface area contributed by atoms with E-state index in [1.54, 1.807) is 0 Å². The minimum absolute atomic E-state index is 0.0614. The number of benzene rings is 1. The lowest BCUT2D eigenvalue weighted by Crippen LogP contribution is -2.43. The maximum Gasteiger partial charge on any atom is 0.119 e. The Kier molecular flexibility index (Phi) is 4.77. The number of rotatable bonds is 4. The topological polar surface area (TPSA) is 38.7 Å². The van der Waals surface area contributed by atoms with E-state index < -0.39 is 0 Å². The molecular weight excluding hydrogens is 284 g/mol. The predicted octanol–water partition coefficient (Wildman–Crippen LogP) is 3.56. The molecule has 0 bridgehead atoms. The number of hydrogen-bond donors (Lipinski definition) is 1. The van der Waals surface area contributed by atoms with Crippen molar-refractivity contribution in [1.82, 2.24) is 0 Å². The van der Waals surface area contributed by atoms with Crippen LogP contribution in [0.2, 0.25) is 0 Å². The minimum Gasteiger partial charge on any atom is -0.490 e. The average Bonchev–Trinajstić information content (AvgIpc) is 2.95. The van der Waals surface area contributed by atoms with Crippen molar-refractivity contribution in [1.29, 1.82) is 0 Å². The largest absolute Gasteiger partial charge is 0.490 e. The first-order valence-corrected chi connectivity index (χ1v) is 9.03. The van der Waals surface area contributed by atoms with Crippen molar-refractivity contribution in [2.45, 2.75) is 50.4 Å². The van der Waals surface area contributed by atoms with Gasteiger partial charge in [-0.25, -0.2) is 0 Å². The van der Waals surface area contributed by atoms with E-state index in [4.69, 9.17) is 9.47 Å². The lowest BCUT2D eigenvalue weighted by molar-refractivity contribution is -0.0958. The van der Waals surface area contributed by atoms with Crippen molar-refractivity contribution < 1.29 is 14.6 Å². The van der Waals surface area contributed by atoms with Crippen LogP contribution in [0.25, 0.3) is 0 Å². The van der Waals surface area contributed by atoms with Crippen LogP contribution in [0.1, 0.15) is 44.3 Å². The molecule has 3 nitrogen and oxygen atoms in total. The molecule has 2 aliphatic heterocycles. The van der Waals surface area contributed by atoms with Gasteiger partial charge in [0.1, 0.15) is 11.9 Å². The van der Waals surface area contributed by atoms with E-state index in [1.165, 1.54) is 5.75 Å². The zero-order valence-corrected chi connectivity index (χ0v) is 13.4. The summed E-state index contributed by atoms with van der Waals surface area (Å²) < 4.78 is 12.2. The Labute approximate surface area is 131 Å². The average molecular weight is 308 g/mol. The van der Waals surface area contributed by atoms with Crippen LogP contribution >= 0.6 is 11.8 Å². The van der Waals surface area contributed by atoms with Gasteiger partial charge in [-0.15, -0.1) is 0 Å². The molecule has 2 aliphatic rings. The van der Waals surface area contributed by atoms with E-state index in [0.29, 0.717) is 0 Å². The summed E-state index contributed by atoms with van der Waals surface area (Å²) in [6.45, 7) is 2.79. The van der Waals surface area contributed by atoms with E-state index in [0.717, 1.165) is 49.4 Å². The first-order chi connectivity index (χ1) is 10.2. The highest BCUT2D eigenvalue weighted by Crippen LogP contribution is 2.39. The molecule has 3 atom stereocenters. The fourth-order valence-corrected chi connectivity index (χ4v) is 4.52. The van der Waals surface area contributed by atoms with Gasteiger partial charge in [-0.05, 0) is 36.3 Å². The monoisotopic (exact) mass is 308 g/mol. The molecule has 1 spiro atoms. The SMILES string of the molecule is CC[C@@H](O)c1ccc(OC2CCOC3(CCSC3)C2)cc1.